The summed E-state index contributed by atoms with van der Waals surface area (Å²) in [5, 5.41) is 20.9. The average molecular weight is 1100 g/mol. The van der Waals surface area contributed by atoms with Crippen molar-refractivity contribution >= 4 is 33.4 Å². The van der Waals surface area contributed by atoms with Crippen molar-refractivity contribution in [2.24, 2.45) is 5.92 Å². The molecule has 0 amide bonds. The van der Waals surface area contributed by atoms with Crippen LogP contribution in [0.4, 0.5) is 5.82 Å². The molecule has 1 aliphatic rings. The summed E-state index contributed by atoms with van der Waals surface area (Å²) in [4.78, 5) is 62.1. The van der Waals surface area contributed by atoms with E-state index in [-0.39, 0.29) is 18.7 Å². The van der Waals surface area contributed by atoms with Gasteiger partial charge in [0, 0.05) is 19.0 Å². The van der Waals surface area contributed by atoms with Gasteiger partial charge in [0.2, 0.25) is 0 Å². The van der Waals surface area contributed by atoms with Crippen molar-refractivity contribution in [3.8, 4) is 0 Å². The normalized spacial score (nSPS) is 19.3. The Morgan fingerprint density at radius 2 is 1.17 bits per heavy atom. The van der Waals surface area contributed by atoms with Gasteiger partial charge in [0.05, 0.1) is 13.2 Å². The van der Waals surface area contributed by atoms with Gasteiger partial charge in [-0.05, 0) is 50.5 Å². The monoisotopic (exact) mass is 1100 g/mol. The van der Waals surface area contributed by atoms with E-state index in [1.807, 2.05) is 0 Å². The zero-order valence-corrected chi connectivity index (χ0v) is 47.8. The molecule has 1 aromatic rings. The number of phosphoric ester groups is 2. The number of anilines is 1. The van der Waals surface area contributed by atoms with Crippen molar-refractivity contribution in [3.05, 3.63) is 47.1 Å². The zero-order chi connectivity index (χ0) is 55.0. The van der Waals surface area contributed by atoms with E-state index >= 15 is 0 Å². The van der Waals surface area contributed by atoms with E-state index in [1.54, 1.807) is 0 Å². The maximum absolute atomic E-state index is 12.9. The smallest absolute Gasteiger partial charge is 0.462 e. The van der Waals surface area contributed by atoms with Gasteiger partial charge in [0.15, 0.2) is 12.3 Å². The highest BCUT2D eigenvalue weighted by molar-refractivity contribution is 7.61. The van der Waals surface area contributed by atoms with Crippen LogP contribution in [0, 0.1) is 5.92 Å². The first-order chi connectivity index (χ1) is 36.1. The van der Waals surface area contributed by atoms with Crippen LogP contribution in [0.1, 0.15) is 239 Å². The highest BCUT2D eigenvalue weighted by Gasteiger charge is 2.46. The third kappa shape index (κ3) is 34.7. The van der Waals surface area contributed by atoms with Gasteiger partial charge in [-0.2, -0.15) is 9.29 Å². The van der Waals surface area contributed by atoms with Gasteiger partial charge < -0.3 is 39.9 Å². The number of carbonyl (C=O) groups excluding carboxylic acids is 2. The second kappa shape index (κ2) is 42.2. The van der Waals surface area contributed by atoms with Gasteiger partial charge in [-0.25, -0.2) is 13.9 Å². The number of aromatic nitrogens is 2. The molecule has 1 fully saturated rings. The number of nitrogen functional groups attached to an aromatic ring is 1. The van der Waals surface area contributed by atoms with E-state index in [4.69, 9.17) is 29.0 Å². The number of ether oxygens (including phenoxy) is 3. The molecule has 2 heterocycles. The fraction of sp³-hybridized carbons (Fsp3) is 0.818. The van der Waals surface area contributed by atoms with Gasteiger partial charge in [-0.1, -0.05) is 206 Å². The quantitative estimate of drug-likeness (QED) is 0.0176. The van der Waals surface area contributed by atoms with E-state index < -0.39 is 83.7 Å². The molecule has 18 nitrogen and oxygen atoms in total. The summed E-state index contributed by atoms with van der Waals surface area (Å²) in [5.41, 5.74) is 4.60. The van der Waals surface area contributed by atoms with Gasteiger partial charge >= 0.3 is 33.3 Å². The van der Waals surface area contributed by atoms with Crippen molar-refractivity contribution in [1.29, 1.82) is 0 Å². The van der Waals surface area contributed by atoms with Gasteiger partial charge in [0.1, 0.15) is 30.7 Å². The van der Waals surface area contributed by atoms with E-state index in [2.05, 4.69) is 54.4 Å². The maximum Gasteiger partial charge on any atom is 0.481 e. The number of unbranched alkanes of at least 4 members (excludes halogenated alkanes) is 26. The Morgan fingerprint density at radius 1 is 0.693 bits per heavy atom. The van der Waals surface area contributed by atoms with Crippen LogP contribution in [0.2, 0.25) is 0 Å². The number of hydrogen-bond acceptors (Lipinski definition) is 15. The number of aliphatic hydroxyl groups is 2. The summed E-state index contributed by atoms with van der Waals surface area (Å²) in [6.07, 6.45) is 38.2. The van der Waals surface area contributed by atoms with E-state index in [9.17, 15) is 43.5 Å². The van der Waals surface area contributed by atoms with Crippen LogP contribution in [-0.2, 0) is 46.3 Å². The molecule has 0 bridgehead atoms. The summed E-state index contributed by atoms with van der Waals surface area (Å²) < 4.78 is 57.0. The Morgan fingerprint density at radius 3 is 1.69 bits per heavy atom. The van der Waals surface area contributed by atoms with E-state index in [1.165, 1.54) is 134 Å². The van der Waals surface area contributed by atoms with Crippen LogP contribution >= 0.6 is 15.6 Å². The van der Waals surface area contributed by atoms with Crippen LogP contribution < -0.4 is 11.4 Å². The fourth-order valence-corrected chi connectivity index (χ4v) is 10.9. The van der Waals surface area contributed by atoms with Crippen molar-refractivity contribution in [1.82, 2.24) is 9.55 Å². The minimum Gasteiger partial charge on any atom is -0.462 e. The number of rotatable bonds is 48. The number of aliphatic hydroxyl groups excluding tert-OH is 2. The first-order valence-corrected chi connectivity index (χ1v) is 31.8. The molecule has 434 valence electrons. The SMILES string of the molecule is CCCCCC/C=C\C=C/CCCCCCCC(=O)O[C@H](COC(=O)CCCCCCCCCCCCCCCCCCCCC(C)CC)COP(=O)(O)OP(=O)(O)OC[C@H]1O[C@@H](n2ccc(N)nc2=O)C(O)[C@H]1O. The molecule has 20 heteroatoms. The lowest BCUT2D eigenvalue weighted by molar-refractivity contribution is -0.161. The number of allylic oxidation sites excluding steroid dienone is 4. The molecular formula is C55H99N3O15P2. The van der Waals surface area contributed by atoms with Crippen LogP contribution in [0.3, 0.4) is 0 Å². The number of carbonyl (C=O) groups is 2. The standard InChI is InChI=1S/C55H99N3O15P2/c1-4-6-7-8-9-10-11-12-17-22-25-28-31-34-37-40-51(60)71-47(43-68-50(59)39-36-33-30-27-24-21-19-16-14-13-15-18-20-23-26-29-32-35-38-46(3)5-2)44-69-74(64,65)73-75(66,67)70-45-48-52(61)53(62)54(72-48)58-42-41-49(56)57-55(58)63/h10-12,17,41-42,46-48,52-54,61-62H,4-9,13-16,18-40,43-45H2,1-3H3,(H,64,65)(H,66,67)(H2,56,57,63)/b11-10-,17-12-/t46?,47-,48-,52+,53?,54-/m1/s1. The van der Waals surface area contributed by atoms with Gasteiger partial charge in [-0.3, -0.25) is 23.2 Å². The number of hydrogen-bond donors (Lipinski definition) is 5. The lowest BCUT2D eigenvalue weighted by Gasteiger charge is -2.21. The molecule has 0 saturated carbocycles. The predicted molar refractivity (Wildman–Crippen MR) is 293 cm³/mol. The summed E-state index contributed by atoms with van der Waals surface area (Å²) in [6.45, 7) is 4.54. The molecule has 8 atom stereocenters. The molecule has 0 aromatic carbocycles. The lowest BCUT2D eigenvalue weighted by atomic mass is 9.99. The minimum absolute atomic E-state index is 0.0353. The second-order valence-electron chi connectivity index (χ2n) is 20.4. The number of phosphoric acid groups is 2. The first-order valence-electron chi connectivity index (χ1n) is 28.8. The van der Waals surface area contributed by atoms with Crippen molar-refractivity contribution in [2.75, 3.05) is 25.6 Å². The van der Waals surface area contributed by atoms with Crippen LogP contribution in [0.15, 0.2) is 41.4 Å². The highest BCUT2D eigenvalue weighted by atomic mass is 31.3. The Labute approximate surface area is 449 Å². The van der Waals surface area contributed by atoms with Crippen LogP contribution in [0.25, 0.3) is 0 Å². The topological polar surface area (TPSA) is 265 Å². The molecule has 75 heavy (non-hydrogen) atoms. The Bertz CT molecular complexity index is 1870. The molecule has 2 rings (SSSR count). The number of esters is 2. The molecule has 1 saturated heterocycles. The first kappa shape index (κ1) is 68.3. The third-order valence-electron chi connectivity index (χ3n) is 13.6. The average Bonchev–Trinajstić information content (AvgIpc) is 3.65. The number of nitrogens with zero attached hydrogens (tertiary/aromatic N) is 2. The fourth-order valence-electron chi connectivity index (χ4n) is 8.75. The number of nitrogens with two attached hydrogens (primary N) is 1. The molecule has 1 aliphatic heterocycles. The van der Waals surface area contributed by atoms with E-state index in [0.29, 0.717) is 12.8 Å². The van der Waals surface area contributed by atoms with Crippen LogP contribution in [-0.4, -0.2) is 85.7 Å². The van der Waals surface area contributed by atoms with Crippen molar-refractivity contribution in [3.63, 3.8) is 0 Å². The van der Waals surface area contributed by atoms with Gasteiger partial charge in [0.25, 0.3) is 0 Å². The van der Waals surface area contributed by atoms with E-state index in [0.717, 1.165) is 74.7 Å². The second-order valence-corrected chi connectivity index (χ2v) is 23.5. The Balaban J connectivity index is 1.73. The minimum atomic E-state index is -5.43. The Hall–Kier alpha value is -2.76. The third-order valence-corrected chi connectivity index (χ3v) is 16.2. The van der Waals surface area contributed by atoms with Crippen molar-refractivity contribution < 1.29 is 66.3 Å². The molecule has 4 unspecified atom stereocenters. The summed E-state index contributed by atoms with van der Waals surface area (Å²) in [5.74, 6) is -0.426. The Kier molecular flexibility index (Phi) is 38.5. The predicted octanol–water partition coefficient (Wildman–Crippen LogP) is 12.8. The molecular weight excluding hydrogens is 1000 g/mol. The largest absolute Gasteiger partial charge is 0.481 e. The molecule has 6 N–H and O–H groups in total. The molecule has 0 aliphatic carbocycles. The molecule has 1 aromatic heterocycles. The highest BCUT2D eigenvalue weighted by Crippen LogP contribution is 2.60. The summed E-state index contributed by atoms with van der Waals surface area (Å²) in [6, 6.07) is 1.25. The summed E-state index contributed by atoms with van der Waals surface area (Å²) >= 11 is 0. The maximum atomic E-state index is 12.9. The van der Waals surface area contributed by atoms with Gasteiger partial charge in [-0.15, -0.1) is 0 Å². The summed E-state index contributed by atoms with van der Waals surface area (Å²) in [7, 11) is -10.9. The lowest BCUT2D eigenvalue weighted by Crippen LogP contribution is -2.36. The zero-order valence-electron chi connectivity index (χ0n) is 46.0. The van der Waals surface area contributed by atoms with Crippen molar-refractivity contribution in [2.45, 2.75) is 263 Å². The molecule has 0 spiro atoms. The van der Waals surface area contributed by atoms with Crippen LogP contribution in [0.5, 0.6) is 0 Å². The molecule has 0 radical (unpaired) electrons.